The lowest BCUT2D eigenvalue weighted by molar-refractivity contribution is 0.474. The van der Waals surface area contributed by atoms with Gasteiger partial charge >= 0.3 is 0 Å². The van der Waals surface area contributed by atoms with Crippen LogP contribution in [-0.4, -0.2) is 11.3 Å². The standard InChI is InChI=1S/C15H14BrNO/c1-11(12-5-3-2-4-6-12)17-10-13-9-14(16)7-8-15(13)18/h2-11,18H,1H3/t11-/m0/s1. The Kier molecular flexibility index (Phi) is 4.15. The molecule has 2 aromatic carbocycles. The lowest BCUT2D eigenvalue weighted by Crippen LogP contribution is -1.91. The van der Waals surface area contributed by atoms with Crippen molar-refractivity contribution in [2.45, 2.75) is 13.0 Å². The maximum atomic E-state index is 9.71. The predicted octanol–water partition coefficient (Wildman–Crippen LogP) is 4.33. The largest absolute Gasteiger partial charge is 0.507 e. The van der Waals surface area contributed by atoms with Crippen molar-refractivity contribution in [1.82, 2.24) is 0 Å². The second-order valence-electron chi connectivity index (χ2n) is 4.07. The van der Waals surface area contributed by atoms with Gasteiger partial charge in [0.1, 0.15) is 5.75 Å². The molecule has 0 unspecified atom stereocenters. The lowest BCUT2D eigenvalue weighted by Gasteiger charge is -2.06. The van der Waals surface area contributed by atoms with E-state index in [0.717, 1.165) is 10.0 Å². The fourth-order valence-electron chi connectivity index (χ4n) is 1.64. The van der Waals surface area contributed by atoms with E-state index in [2.05, 4.69) is 20.9 Å². The molecule has 1 N–H and O–H groups in total. The molecule has 0 fully saturated rings. The number of phenolic OH excluding ortho intramolecular Hbond substituents is 1. The van der Waals surface area contributed by atoms with Gasteiger partial charge in [0, 0.05) is 16.3 Å². The van der Waals surface area contributed by atoms with E-state index >= 15 is 0 Å². The molecule has 0 aliphatic carbocycles. The minimum Gasteiger partial charge on any atom is -0.507 e. The molecule has 0 radical (unpaired) electrons. The topological polar surface area (TPSA) is 32.6 Å². The van der Waals surface area contributed by atoms with E-state index in [1.165, 1.54) is 0 Å². The van der Waals surface area contributed by atoms with E-state index in [4.69, 9.17) is 0 Å². The number of aromatic hydroxyl groups is 1. The first kappa shape index (κ1) is 12.8. The van der Waals surface area contributed by atoms with Gasteiger partial charge in [-0.25, -0.2) is 0 Å². The maximum absolute atomic E-state index is 9.71. The third-order valence-corrected chi connectivity index (χ3v) is 3.20. The molecule has 2 rings (SSSR count). The van der Waals surface area contributed by atoms with Gasteiger partial charge in [0.05, 0.1) is 6.04 Å². The van der Waals surface area contributed by atoms with Crippen molar-refractivity contribution in [3.8, 4) is 5.75 Å². The smallest absolute Gasteiger partial charge is 0.124 e. The molecular weight excluding hydrogens is 290 g/mol. The van der Waals surface area contributed by atoms with Crippen molar-refractivity contribution in [3.05, 3.63) is 64.1 Å². The summed E-state index contributed by atoms with van der Waals surface area (Å²) in [6, 6.07) is 15.4. The molecule has 0 aliphatic rings. The first-order chi connectivity index (χ1) is 8.66. The second kappa shape index (κ2) is 5.83. The zero-order valence-corrected chi connectivity index (χ0v) is 11.6. The molecular formula is C15H14BrNO. The Bertz CT molecular complexity index is 552. The van der Waals surface area contributed by atoms with Crippen LogP contribution in [0.1, 0.15) is 24.1 Å². The van der Waals surface area contributed by atoms with E-state index in [-0.39, 0.29) is 11.8 Å². The predicted molar refractivity (Wildman–Crippen MR) is 78.3 cm³/mol. The average molecular weight is 304 g/mol. The summed E-state index contributed by atoms with van der Waals surface area (Å²) in [6.07, 6.45) is 1.71. The molecule has 3 heteroatoms. The molecule has 0 amide bonds. The second-order valence-corrected chi connectivity index (χ2v) is 4.98. The fraction of sp³-hybridized carbons (Fsp3) is 0.133. The number of halogens is 1. The van der Waals surface area contributed by atoms with Crippen LogP contribution in [0.2, 0.25) is 0 Å². The zero-order valence-electron chi connectivity index (χ0n) is 10.0. The van der Waals surface area contributed by atoms with E-state index in [9.17, 15) is 5.11 Å². The number of hydrogen-bond donors (Lipinski definition) is 1. The summed E-state index contributed by atoms with van der Waals surface area (Å²) in [5.74, 6) is 0.238. The maximum Gasteiger partial charge on any atom is 0.124 e. The number of rotatable bonds is 3. The van der Waals surface area contributed by atoms with E-state index < -0.39 is 0 Å². The van der Waals surface area contributed by atoms with Gasteiger partial charge in [-0.3, -0.25) is 4.99 Å². The molecule has 0 saturated carbocycles. The Morgan fingerprint density at radius 3 is 2.61 bits per heavy atom. The number of hydrogen-bond acceptors (Lipinski definition) is 2. The molecule has 18 heavy (non-hydrogen) atoms. The third-order valence-electron chi connectivity index (χ3n) is 2.71. The molecule has 0 saturated heterocycles. The Morgan fingerprint density at radius 1 is 1.17 bits per heavy atom. The number of aliphatic imine (C=N–C) groups is 1. The van der Waals surface area contributed by atoms with Crippen molar-refractivity contribution < 1.29 is 5.11 Å². The Balaban J connectivity index is 2.18. The fourth-order valence-corrected chi connectivity index (χ4v) is 2.02. The molecule has 2 aromatic rings. The summed E-state index contributed by atoms with van der Waals surface area (Å²) in [5.41, 5.74) is 1.87. The molecule has 1 atom stereocenters. The Morgan fingerprint density at radius 2 is 1.89 bits per heavy atom. The summed E-state index contributed by atoms with van der Waals surface area (Å²) >= 11 is 3.38. The Hall–Kier alpha value is -1.61. The first-order valence-corrected chi connectivity index (χ1v) is 6.53. The van der Waals surface area contributed by atoms with Gasteiger partial charge in [-0.05, 0) is 30.7 Å². The van der Waals surface area contributed by atoms with Gasteiger partial charge in [0.15, 0.2) is 0 Å². The van der Waals surface area contributed by atoms with Gasteiger partial charge in [0.25, 0.3) is 0 Å². The number of benzene rings is 2. The summed E-state index contributed by atoms with van der Waals surface area (Å²) in [7, 11) is 0. The van der Waals surface area contributed by atoms with E-state index in [1.807, 2.05) is 43.3 Å². The zero-order chi connectivity index (χ0) is 13.0. The number of phenols is 1. The summed E-state index contributed by atoms with van der Waals surface area (Å²) in [4.78, 5) is 4.46. The highest BCUT2D eigenvalue weighted by Gasteiger charge is 2.02. The first-order valence-electron chi connectivity index (χ1n) is 5.73. The van der Waals surface area contributed by atoms with Gasteiger partial charge in [-0.1, -0.05) is 46.3 Å². The molecule has 2 nitrogen and oxygen atoms in total. The van der Waals surface area contributed by atoms with Crippen molar-refractivity contribution in [1.29, 1.82) is 0 Å². The Labute approximate surface area is 115 Å². The van der Waals surface area contributed by atoms with Crippen LogP contribution in [0, 0.1) is 0 Å². The van der Waals surface area contributed by atoms with Gasteiger partial charge in [-0.2, -0.15) is 0 Å². The van der Waals surface area contributed by atoms with Crippen molar-refractivity contribution >= 4 is 22.1 Å². The highest BCUT2D eigenvalue weighted by atomic mass is 79.9. The summed E-state index contributed by atoms with van der Waals surface area (Å²) in [6.45, 7) is 2.03. The van der Waals surface area contributed by atoms with Crippen LogP contribution in [-0.2, 0) is 0 Å². The van der Waals surface area contributed by atoms with Crippen LogP contribution >= 0.6 is 15.9 Å². The highest BCUT2D eigenvalue weighted by Crippen LogP contribution is 2.21. The van der Waals surface area contributed by atoms with E-state index in [0.29, 0.717) is 5.56 Å². The van der Waals surface area contributed by atoms with Gasteiger partial charge < -0.3 is 5.11 Å². The average Bonchev–Trinajstić information content (AvgIpc) is 2.40. The molecule has 0 aliphatic heterocycles. The SMILES string of the molecule is C[C@H](N=Cc1cc(Br)ccc1O)c1ccccc1. The van der Waals surface area contributed by atoms with E-state index in [1.54, 1.807) is 18.3 Å². The lowest BCUT2D eigenvalue weighted by atomic mass is 10.1. The molecule has 0 spiro atoms. The van der Waals surface area contributed by atoms with Crippen molar-refractivity contribution in [2.75, 3.05) is 0 Å². The van der Waals surface area contributed by atoms with Gasteiger partial charge in [0.2, 0.25) is 0 Å². The van der Waals surface area contributed by atoms with Crippen LogP contribution < -0.4 is 0 Å². The van der Waals surface area contributed by atoms with Crippen LogP contribution in [0.25, 0.3) is 0 Å². The molecule has 92 valence electrons. The summed E-state index contributed by atoms with van der Waals surface area (Å²) < 4.78 is 0.925. The van der Waals surface area contributed by atoms with Gasteiger partial charge in [-0.15, -0.1) is 0 Å². The molecule has 0 heterocycles. The van der Waals surface area contributed by atoms with Crippen molar-refractivity contribution in [2.24, 2.45) is 4.99 Å². The third kappa shape index (κ3) is 3.20. The quantitative estimate of drug-likeness (QED) is 0.841. The number of nitrogens with zero attached hydrogens (tertiary/aromatic N) is 1. The van der Waals surface area contributed by atoms with Crippen LogP contribution in [0.5, 0.6) is 5.75 Å². The molecule has 0 bridgehead atoms. The van der Waals surface area contributed by atoms with Crippen LogP contribution in [0.15, 0.2) is 58.0 Å². The van der Waals surface area contributed by atoms with Crippen LogP contribution in [0.3, 0.4) is 0 Å². The normalized spacial score (nSPS) is 12.8. The summed E-state index contributed by atoms with van der Waals surface area (Å²) in [5, 5.41) is 9.71. The van der Waals surface area contributed by atoms with Crippen molar-refractivity contribution in [3.63, 3.8) is 0 Å². The highest BCUT2D eigenvalue weighted by molar-refractivity contribution is 9.10. The monoisotopic (exact) mass is 303 g/mol. The minimum absolute atomic E-state index is 0.0737. The van der Waals surface area contributed by atoms with Crippen LogP contribution in [0.4, 0.5) is 0 Å². The molecule has 0 aromatic heterocycles. The minimum atomic E-state index is 0.0737.